The minimum atomic E-state index is -1.84. The number of esters is 2. The molecular formula is C100H168N12O30. The number of aliphatic hydroxyl groups excluding tert-OH is 6. The smallest absolute Gasteiger partial charge is 0.311 e. The monoisotopic (exact) mass is 2020 g/mol. The average Bonchev–Trinajstić information content (AvgIpc) is 1.13. The second-order valence-corrected chi connectivity index (χ2v) is 41.9. The molecule has 2 aromatic carbocycles. The Kier molecular flexibility index (Phi) is 46.4. The molecule has 0 unspecified atom stereocenters. The van der Waals surface area contributed by atoms with Crippen molar-refractivity contribution in [3.05, 3.63) is 91.1 Å². The van der Waals surface area contributed by atoms with E-state index in [2.05, 4.69) is 26.3 Å². The molecule has 0 aliphatic carbocycles. The molecule has 6 aliphatic heterocycles. The highest BCUT2D eigenvalue weighted by atomic mass is 16.7. The number of likely N-dealkylation sites (N-methyl/N-ethyl adjacent to an activating group) is 4. The molecule has 7 heterocycles. The SMILES string of the molecule is C#CCCN(C)[C@H]1C[C@@H](C)O[C@@H](O[C@@H]2[C@@H](C)[C@H](O[C@H]3C[C@@](C)(OC)[C@@H](O)[C@H](C)O3)[C@@H](C)C(=O)O[C@H](CC)[C@@](C)(O)[C@H](O)[C@@H](C)N(C)C[C@H](C)C[C@@]2(C)O)[C@@H]1O.CC[C@H]1OC(=O)[C@H](C)[C@@H](O[C@H]2C[C@@](C)(OC)[C@@H](O)[C@H](C)O2)[C@H](C)[C@@H](O[C@@H]2O[C@H](C)C[C@H](N(C)CCc3cn(CCCOc4ccc([N+](=O)[O-])cc4)nn3)[C@H]2O)[C@](C)(O)C[C@@H](C)CN(C)[C@H](C)[C@@H](O)[C@]1(C)O.[N-]=[N+]=NCCCOc1ccc([N+](=O)[O-])cc1. The molecule has 0 radical (unpaired) electrons. The Hall–Kier alpha value is -7.17. The van der Waals surface area contributed by atoms with Crippen LogP contribution >= 0.6 is 0 Å². The number of nitrogens with zero attached hydrogens (tertiary/aromatic N) is 12. The summed E-state index contributed by atoms with van der Waals surface area (Å²) in [7, 11) is 10.5. The van der Waals surface area contributed by atoms with Crippen molar-refractivity contribution in [2.45, 2.75) is 403 Å². The number of hydrogen-bond donors (Lipinski definition) is 10. The van der Waals surface area contributed by atoms with E-state index >= 15 is 0 Å². The Balaban J connectivity index is 0.000000340. The van der Waals surface area contributed by atoms with Crippen LogP contribution < -0.4 is 9.47 Å². The van der Waals surface area contributed by atoms with E-state index < -0.39 is 208 Å². The molecular weight excluding hydrogens is 1850 g/mol. The fraction of sp³-hybridized carbons (Fsp3) is 0.820. The maximum atomic E-state index is 14.5. The molecule has 808 valence electrons. The predicted octanol–water partition coefficient (Wildman–Crippen LogP) is 8.45. The Bertz CT molecular complexity index is 4440. The number of nitro benzene ring substituents is 2. The molecule has 0 saturated carbocycles. The van der Waals surface area contributed by atoms with Crippen molar-refractivity contribution in [3.8, 4) is 23.8 Å². The third kappa shape index (κ3) is 32.4. The van der Waals surface area contributed by atoms with Crippen LogP contribution in [0.5, 0.6) is 11.5 Å². The quantitative estimate of drug-likeness (QED) is 0.00422. The molecule has 6 aliphatic rings. The number of carbonyl (C=O) groups excluding carboxylic acids is 2. The second-order valence-electron chi connectivity index (χ2n) is 41.9. The molecule has 0 amide bonds. The van der Waals surface area contributed by atoms with Crippen LogP contribution in [-0.2, 0) is 79.4 Å². The molecule has 142 heavy (non-hydrogen) atoms. The predicted molar refractivity (Wildman–Crippen MR) is 524 cm³/mol. The number of nitro groups is 2. The van der Waals surface area contributed by atoms with E-state index in [4.69, 9.17) is 78.3 Å². The molecule has 6 fully saturated rings. The van der Waals surface area contributed by atoms with Gasteiger partial charge in [-0.1, -0.05) is 51.9 Å². The van der Waals surface area contributed by atoms with Gasteiger partial charge in [0.1, 0.15) is 71.5 Å². The Morgan fingerprint density at radius 3 is 1.33 bits per heavy atom. The van der Waals surface area contributed by atoms with Crippen molar-refractivity contribution in [1.82, 2.24) is 34.6 Å². The summed E-state index contributed by atoms with van der Waals surface area (Å²) in [5.41, 5.74) is -0.193. The summed E-state index contributed by atoms with van der Waals surface area (Å²) in [4.78, 5) is 59.6. The molecule has 36 atom stereocenters. The minimum Gasteiger partial charge on any atom is -0.494 e. The summed E-state index contributed by atoms with van der Waals surface area (Å²) in [5, 5.41) is 151. The lowest BCUT2D eigenvalue weighted by Gasteiger charge is -2.49. The number of aromatic nitrogens is 3. The van der Waals surface area contributed by atoms with Crippen LogP contribution in [-0.4, -0.2) is 376 Å². The zero-order valence-electron chi connectivity index (χ0n) is 88.2. The third-order valence-corrected chi connectivity index (χ3v) is 29.8. The van der Waals surface area contributed by atoms with Gasteiger partial charge in [-0.25, -0.2) is 0 Å². The van der Waals surface area contributed by atoms with Crippen LogP contribution in [0, 0.1) is 68.1 Å². The first-order chi connectivity index (χ1) is 66.4. The zero-order chi connectivity index (χ0) is 106. The molecule has 10 N–H and O–H groups in total. The first-order valence-electron chi connectivity index (χ1n) is 50.0. The molecule has 0 bridgehead atoms. The van der Waals surface area contributed by atoms with Gasteiger partial charge in [0.25, 0.3) is 11.4 Å². The van der Waals surface area contributed by atoms with Gasteiger partial charge in [0, 0.05) is 157 Å². The summed E-state index contributed by atoms with van der Waals surface area (Å²) < 4.78 is 88.7. The van der Waals surface area contributed by atoms with Gasteiger partial charge in [-0.3, -0.25) is 39.4 Å². The minimum absolute atomic E-state index is 0.00559. The number of aryl methyl sites for hydroxylation is 1. The van der Waals surface area contributed by atoms with Crippen molar-refractivity contribution in [3.63, 3.8) is 0 Å². The summed E-state index contributed by atoms with van der Waals surface area (Å²) in [6.45, 7) is 38.6. The van der Waals surface area contributed by atoms with E-state index in [1.165, 1.54) is 64.5 Å². The molecule has 3 aromatic rings. The van der Waals surface area contributed by atoms with Crippen LogP contribution in [0.25, 0.3) is 10.4 Å². The number of azide groups is 1. The standard InChI is InChI=1S/C50H84N6O15.C41H74N2O12.C9H10N4O3/c1-14-39-50(10,62)43(58)33(6)54(12)27-29(2)25-48(8,61)45(31(4)42(32(5)46(60)69-39)70-40-26-49(9,65-13)44(59)34(7)68-40)71-47-41(57)38(24-30(3)67-47)53(11)22-20-35-28-55(52-51-35)21-15-23-66-37-18-16-36(17-19-37)56(63)64;1-15-17-18-42(12)29-19-24(4)51-38(32(29)44)55-36-25(5)33(54-31-21-40(10,50-14)35(46)28(8)52-31)26(6)37(47)53-30(16-2)41(11,49)34(45)27(7)43(13)22-23(3)20-39(36,9)48;10-12-11-6-1-7-16-9-4-2-8(3-5-9)13(14)15/h16-19,28-34,38-45,47,57-59,61-62H,14-15,20-27H2,1-13H3;1,23-36,38,44-46,48-49H,16-22H2,2-14H3;2-5H,1,6-7H2/t29-,30-,31+,32-,33-,34+,38+,39-,40+,41-,42+,43-,44+,45-,47+,48-,49-,50-;23-,24-,25+,26-,27-,28+,29+,30-,31+,32-,33+,34-,35+,36-,38+,39-,40-,41-;/m11./s1. The molecule has 42 heteroatoms. The lowest BCUT2D eigenvalue weighted by molar-refractivity contribution is -0.385. The van der Waals surface area contributed by atoms with Gasteiger partial charge in [0.05, 0.1) is 112 Å². The average molecular weight is 2020 g/mol. The fourth-order valence-electron chi connectivity index (χ4n) is 20.9. The van der Waals surface area contributed by atoms with Crippen LogP contribution in [0.1, 0.15) is 215 Å². The maximum absolute atomic E-state index is 14.5. The van der Waals surface area contributed by atoms with Gasteiger partial charge < -0.3 is 132 Å². The largest absolute Gasteiger partial charge is 0.494 e. The lowest BCUT2D eigenvalue weighted by atomic mass is 9.77. The number of aliphatic hydroxyl groups is 10. The number of rotatable bonds is 31. The number of cyclic esters (lactones) is 2. The Morgan fingerprint density at radius 1 is 0.577 bits per heavy atom. The molecule has 42 nitrogen and oxygen atoms in total. The second kappa shape index (κ2) is 54.1. The molecule has 0 spiro atoms. The number of methoxy groups -OCH3 is 2. The van der Waals surface area contributed by atoms with E-state index in [9.17, 15) is 80.9 Å². The van der Waals surface area contributed by atoms with Gasteiger partial charge in [-0.15, -0.1) is 17.4 Å². The van der Waals surface area contributed by atoms with Gasteiger partial charge in [-0.2, -0.15) is 0 Å². The highest BCUT2D eigenvalue weighted by Gasteiger charge is 2.57. The normalized spacial score (nSPS) is 39.1. The Morgan fingerprint density at radius 2 is 0.965 bits per heavy atom. The summed E-state index contributed by atoms with van der Waals surface area (Å²) in [6.07, 6.45) is -8.09. The van der Waals surface area contributed by atoms with Crippen molar-refractivity contribution < 1.29 is 137 Å². The lowest BCUT2D eigenvalue weighted by Crippen LogP contribution is -2.61. The van der Waals surface area contributed by atoms with E-state index in [1.807, 2.05) is 88.6 Å². The first-order valence-corrected chi connectivity index (χ1v) is 50.0. The number of carbonyl (C=O) groups is 2. The van der Waals surface area contributed by atoms with Crippen LogP contribution in [0.4, 0.5) is 11.4 Å². The number of benzene rings is 2. The van der Waals surface area contributed by atoms with Crippen molar-refractivity contribution in [1.29, 1.82) is 0 Å². The topological polar surface area (TPSA) is 544 Å². The van der Waals surface area contributed by atoms with E-state index in [1.54, 1.807) is 107 Å². The van der Waals surface area contributed by atoms with E-state index in [-0.39, 0.29) is 80.0 Å². The van der Waals surface area contributed by atoms with Crippen molar-refractivity contribution in [2.24, 2.45) is 40.6 Å². The molecule has 1 aromatic heterocycles. The Labute approximate surface area is 837 Å². The zero-order valence-corrected chi connectivity index (χ0v) is 88.2. The number of hydrogen-bond acceptors (Lipinski definition) is 37. The molecule has 6 saturated heterocycles. The molecule has 9 rings (SSSR count). The summed E-state index contributed by atoms with van der Waals surface area (Å²) in [6, 6.07) is 9.83. The van der Waals surface area contributed by atoms with Crippen molar-refractivity contribution in [2.75, 3.05) is 88.3 Å². The van der Waals surface area contributed by atoms with Gasteiger partial charge in [0.2, 0.25) is 0 Å². The maximum Gasteiger partial charge on any atom is 0.311 e. The first kappa shape index (κ1) is 122. The summed E-state index contributed by atoms with van der Waals surface area (Å²) in [5.74, 6) is -1.73. The van der Waals surface area contributed by atoms with Crippen LogP contribution in [0.3, 0.4) is 0 Å². The van der Waals surface area contributed by atoms with Crippen LogP contribution in [0.15, 0.2) is 59.8 Å². The van der Waals surface area contributed by atoms with E-state index in [0.29, 0.717) is 103 Å². The van der Waals surface area contributed by atoms with Crippen molar-refractivity contribution >= 4 is 23.3 Å². The van der Waals surface area contributed by atoms with Gasteiger partial charge in [-0.05, 0) is 212 Å². The summed E-state index contributed by atoms with van der Waals surface area (Å²) >= 11 is 0. The number of ether oxygens (including phenoxy) is 14. The number of non-ortho nitro benzene ring substituents is 2. The highest BCUT2D eigenvalue weighted by molar-refractivity contribution is 5.73. The van der Waals surface area contributed by atoms with Gasteiger partial charge >= 0.3 is 11.9 Å². The van der Waals surface area contributed by atoms with E-state index in [0.717, 1.165) is 5.69 Å². The fourth-order valence-corrected chi connectivity index (χ4v) is 20.9. The van der Waals surface area contributed by atoms with Gasteiger partial charge in [0.15, 0.2) is 25.2 Å². The number of terminal acetylenes is 1. The highest BCUT2D eigenvalue weighted by Crippen LogP contribution is 2.45. The van der Waals surface area contributed by atoms with Crippen LogP contribution in [0.2, 0.25) is 0 Å². The third-order valence-electron chi connectivity index (χ3n) is 29.8.